The molecule has 0 aliphatic heterocycles. The number of anilines is 1. The molecule has 1 N–H and O–H groups in total. The van der Waals surface area contributed by atoms with E-state index in [4.69, 9.17) is 0 Å². The van der Waals surface area contributed by atoms with Crippen LogP contribution in [0.4, 0.5) is 5.69 Å². The van der Waals surface area contributed by atoms with E-state index < -0.39 is 0 Å². The molecule has 0 fully saturated rings. The van der Waals surface area contributed by atoms with Crippen molar-refractivity contribution in [2.24, 2.45) is 0 Å². The zero-order valence-electron chi connectivity index (χ0n) is 11.8. The van der Waals surface area contributed by atoms with Gasteiger partial charge >= 0.3 is 0 Å². The summed E-state index contributed by atoms with van der Waals surface area (Å²) >= 11 is 0. The Morgan fingerprint density at radius 2 is 1.94 bits per heavy atom. The summed E-state index contributed by atoms with van der Waals surface area (Å²) in [6.45, 7) is 8.69. The SMILES string of the molecule is CNc1cc(-n2ccnc2C)ccc1C(C)(C)C. The van der Waals surface area contributed by atoms with Gasteiger partial charge in [-0.3, -0.25) is 0 Å². The molecule has 0 aliphatic carbocycles. The fourth-order valence-electron chi connectivity index (χ4n) is 2.19. The summed E-state index contributed by atoms with van der Waals surface area (Å²) in [6, 6.07) is 6.52. The zero-order chi connectivity index (χ0) is 13.3. The van der Waals surface area contributed by atoms with Gasteiger partial charge in [0.1, 0.15) is 5.82 Å². The second-order valence-electron chi connectivity index (χ2n) is 5.57. The smallest absolute Gasteiger partial charge is 0.110 e. The van der Waals surface area contributed by atoms with E-state index in [0.717, 1.165) is 11.5 Å². The van der Waals surface area contributed by atoms with E-state index in [1.54, 1.807) is 0 Å². The highest BCUT2D eigenvalue weighted by atomic mass is 15.1. The number of imidazole rings is 1. The van der Waals surface area contributed by atoms with Crippen LogP contribution >= 0.6 is 0 Å². The molecule has 1 heterocycles. The first-order valence-electron chi connectivity index (χ1n) is 6.26. The molecule has 0 aliphatic rings. The minimum atomic E-state index is 0.140. The lowest BCUT2D eigenvalue weighted by Crippen LogP contribution is -2.14. The lowest BCUT2D eigenvalue weighted by atomic mass is 9.85. The van der Waals surface area contributed by atoms with Gasteiger partial charge in [-0.25, -0.2) is 4.98 Å². The molecule has 0 amide bonds. The van der Waals surface area contributed by atoms with Gasteiger partial charge in [-0.1, -0.05) is 26.8 Å². The van der Waals surface area contributed by atoms with Crippen molar-refractivity contribution in [2.45, 2.75) is 33.1 Å². The monoisotopic (exact) mass is 243 g/mol. The van der Waals surface area contributed by atoms with Crippen molar-refractivity contribution in [3.05, 3.63) is 42.0 Å². The molecule has 2 rings (SSSR count). The standard InChI is InChI=1S/C15H21N3/c1-11-17-8-9-18(11)12-6-7-13(15(2,3)4)14(10-12)16-5/h6-10,16H,1-5H3. The van der Waals surface area contributed by atoms with Crippen molar-refractivity contribution in [1.29, 1.82) is 0 Å². The maximum atomic E-state index is 4.26. The lowest BCUT2D eigenvalue weighted by molar-refractivity contribution is 0.592. The highest BCUT2D eigenvalue weighted by molar-refractivity contribution is 5.59. The van der Waals surface area contributed by atoms with Crippen LogP contribution in [-0.4, -0.2) is 16.6 Å². The van der Waals surface area contributed by atoms with Crippen LogP contribution in [0, 0.1) is 6.92 Å². The number of aromatic nitrogens is 2. The minimum absolute atomic E-state index is 0.140. The first-order valence-corrected chi connectivity index (χ1v) is 6.26. The average molecular weight is 243 g/mol. The third-order valence-electron chi connectivity index (χ3n) is 3.18. The Morgan fingerprint density at radius 3 is 2.44 bits per heavy atom. The second-order valence-corrected chi connectivity index (χ2v) is 5.57. The maximum absolute atomic E-state index is 4.26. The second kappa shape index (κ2) is 4.48. The Bertz CT molecular complexity index is 547. The summed E-state index contributed by atoms with van der Waals surface area (Å²) in [7, 11) is 1.97. The van der Waals surface area contributed by atoms with Crippen LogP contribution in [0.5, 0.6) is 0 Å². The summed E-state index contributed by atoms with van der Waals surface area (Å²) < 4.78 is 2.09. The Balaban J connectivity index is 2.52. The van der Waals surface area contributed by atoms with Crippen LogP contribution in [0.1, 0.15) is 32.2 Å². The molecule has 1 aromatic carbocycles. The summed E-state index contributed by atoms with van der Waals surface area (Å²) in [5.41, 5.74) is 3.78. The fraction of sp³-hybridized carbons (Fsp3) is 0.400. The number of nitrogens with one attached hydrogen (secondary N) is 1. The number of rotatable bonds is 2. The maximum Gasteiger partial charge on any atom is 0.110 e. The summed E-state index contributed by atoms with van der Waals surface area (Å²) in [5, 5.41) is 3.29. The third-order valence-corrected chi connectivity index (χ3v) is 3.18. The molecule has 0 spiro atoms. The van der Waals surface area contributed by atoms with E-state index in [0.29, 0.717) is 0 Å². The molecule has 0 unspecified atom stereocenters. The number of nitrogens with zero attached hydrogens (tertiary/aromatic N) is 2. The summed E-state index contributed by atoms with van der Waals surface area (Å²) in [6.07, 6.45) is 3.81. The first-order chi connectivity index (χ1) is 8.43. The quantitative estimate of drug-likeness (QED) is 0.874. The lowest BCUT2D eigenvalue weighted by Gasteiger charge is -2.23. The van der Waals surface area contributed by atoms with Gasteiger partial charge in [0.05, 0.1) is 0 Å². The predicted molar refractivity (Wildman–Crippen MR) is 76.5 cm³/mol. The zero-order valence-corrected chi connectivity index (χ0v) is 11.8. The van der Waals surface area contributed by atoms with Crippen LogP contribution in [-0.2, 0) is 5.41 Å². The molecule has 0 atom stereocenters. The van der Waals surface area contributed by atoms with Crippen molar-refractivity contribution < 1.29 is 0 Å². The molecular weight excluding hydrogens is 222 g/mol. The number of benzene rings is 1. The van der Waals surface area contributed by atoms with E-state index in [2.05, 4.69) is 53.8 Å². The van der Waals surface area contributed by atoms with E-state index in [9.17, 15) is 0 Å². The van der Waals surface area contributed by atoms with Crippen molar-refractivity contribution in [3.8, 4) is 5.69 Å². The van der Waals surface area contributed by atoms with Crippen molar-refractivity contribution >= 4 is 5.69 Å². The molecule has 0 radical (unpaired) electrons. The topological polar surface area (TPSA) is 29.9 Å². The molecule has 0 saturated carbocycles. The molecule has 0 saturated heterocycles. The van der Waals surface area contributed by atoms with Crippen molar-refractivity contribution in [1.82, 2.24) is 9.55 Å². The van der Waals surface area contributed by atoms with E-state index in [1.165, 1.54) is 11.3 Å². The van der Waals surface area contributed by atoms with Gasteiger partial charge in [0.15, 0.2) is 0 Å². The van der Waals surface area contributed by atoms with Crippen LogP contribution in [0.2, 0.25) is 0 Å². The van der Waals surface area contributed by atoms with Gasteiger partial charge in [-0.05, 0) is 30.0 Å². The van der Waals surface area contributed by atoms with Gasteiger partial charge in [0.25, 0.3) is 0 Å². The fourth-order valence-corrected chi connectivity index (χ4v) is 2.19. The molecule has 3 heteroatoms. The first kappa shape index (κ1) is 12.7. The van der Waals surface area contributed by atoms with Gasteiger partial charge < -0.3 is 9.88 Å². The third kappa shape index (κ3) is 2.26. The molecule has 3 nitrogen and oxygen atoms in total. The van der Waals surface area contributed by atoms with Gasteiger partial charge in [-0.2, -0.15) is 0 Å². The number of hydrogen-bond donors (Lipinski definition) is 1. The molecular formula is C15H21N3. The van der Waals surface area contributed by atoms with Gasteiger partial charge in [0, 0.05) is 30.8 Å². The molecule has 1 aromatic heterocycles. The molecule has 0 bridgehead atoms. The number of aryl methyl sites for hydroxylation is 1. The average Bonchev–Trinajstić information content (AvgIpc) is 2.73. The van der Waals surface area contributed by atoms with Crippen LogP contribution in [0.3, 0.4) is 0 Å². The van der Waals surface area contributed by atoms with Gasteiger partial charge in [0.2, 0.25) is 0 Å². The van der Waals surface area contributed by atoms with Crippen LogP contribution in [0.15, 0.2) is 30.6 Å². The largest absolute Gasteiger partial charge is 0.388 e. The summed E-state index contributed by atoms with van der Waals surface area (Å²) in [5.74, 6) is 1.00. The molecule has 18 heavy (non-hydrogen) atoms. The Labute approximate surface area is 109 Å². The summed E-state index contributed by atoms with van der Waals surface area (Å²) in [4.78, 5) is 4.26. The van der Waals surface area contributed by atoms with E-state index in [-0.39, 0.29) is 5.41 Å². The van der Waals surface area contributed by atoms with Crippen LogP contribution < -0.4 is 5.32 Å². The predicted octanol–water partition coefficient (Wildman–Crippen LogP) is 3.52. The van der Waals surface area contributed by atoms with Crippen molar-refractivity contribution in [3.63, 3.8) is 0 Å². The highest BCUT2D eigenvalue weighted by Crippen LogP contribution is 2.31. The number of hydrogen-bond acceptors (Lipinski definition) is 2. The van der Waals surface area contributed by atoms with E-state index in [1.807, 2.05) is 26.4 Å². The molecule has 96 valence electrons. The normalized spacial score (nSPS) is 11.6. The van der Waals surface area contributed by atoms with Crippen molar-refractivity contribution in [2.75, 3.05) is 12.4 Å². The highest BCUT2D eigenvalue weighted by Gasteiger charge is 2.18. The Hall–Kier alpha value is -1.77. The van der Waals surface area contributed by atoms with Gasteiger partial charge in [-0.15, -0.1) is 0 Å². The Kier molecular flexibility index (Phi) is 3.16. The Morgan fingerprint density at radius 1 is 1.22 bits per heavy atom. The van der Waals surface area contributed by atoms with Crippen LogP contribution in [0.25, 0.3) is 5.69 Å². The molecule has 2 aromatic rings. The minimum Gasteiger partial charge on any atom is -0.388 e. The van der Waals surface area contributed by atoms with E-state index >= 15 is 0 Å².